The van der Waals surface area contributed by atoms with Crippen LogP contribution in [0, 0.1) is 12.7 Å². The van der Waals surface area contributed by atoms with Crippen molar-refractivity contribution in [3.8, 4) is 28.5 Å². The number of aromatic nitrogens is 1. The Morgan fingerprint density at radius 3 is 2.39 bits per heavy atom. The summed E-state index contributed by atoms with van der Waals surface area (Å²) in [5.41, 5.74) is 2.90. The van der Waals surface area contributed by atoms with Crippen LogP contribution in [0.2, 0.25) is 0 Å². The van der Waals surface area contributed by atoms with Crippen molar-refractivity contribution >= 4 is 10.9 Å². The van der Waals surface area contributed by atoms with Gasteiger partial charge in [0.05, 0.1) is 25.4 Å². The minimum absolute atomic E-state index is 0.0631. The average molecular weight is 313 g/mol. The number of fused-ring (bicyclic) bond motifs is 1. The molecule has 0 aliphatic carbocycles. The minimum atomic E-state index is -0.437. The summed E-state index contributed by atoms with van der Waals surface area (Å²) in [7, 11) is 2.91. The molecule has 0 fully saturated rings. The Kier molecular flexibility index (Phi) is 3.78. The normalized spacial score (nSPS) is 10.8. The van der Waals surface area contributed by atoms with Gasteiger partial charge < -0.3 is 14.6 Å². The highest BCUT2D eigenvalue weighted by Crippen LogP contribution is 2.34. The zero-order valence-electron chi connectivity index (χ0n) is 13.1. The van der Waals surface area contributed by atoms with Gasteiger partial charge in [0.15, 0.2) is 23.1 Å². The maximum Gasteiger partial charge on any atom is 0.165 e. The molecule has 0 aliphatic heterocycles. The molecule has 3 aromatic rings. The lowest BCUT2D eigenvalue weighted by molar-refractivity contribution is 0.374. The lowest BCUT2D eigenvalue weighted by atomic mass is 10.0. The molecule has 1 heterocycles. The number of phenolic OH excluding ortho intramolecular Hbond substituents is 1. The molecule has 0 amide bonds. The number of phenols is 1. The van der Waals surface area contributed by atoms with Gasteiger partial charge >= 0.3 is 0 Å². The summed E-state index contributed by atoms with van der Waals surface area (Å²) in [5.74, 6) is 0.168. The molecule has 0 radical (unpaired) electrons. The van der Waals surface area contributed by atoms with E-state index in [1.807, 2.05) is 13.0 Å². The van der Waals surface area contributed by atoms with E-state index in [0.717, 1.165) is 10.9 Å². The first kappa shape index (κ1) is 15.1. The van der Waals surface area contributed by atoms with Crippen LogP contribution in [0.4, 0.5) is 4.39 Å². The van der Waals surface area contributed by atoms with Crippen LogP contribution < -0.4 is 9.47 Å². The van der Waals surface area contributed by atoms with Gasteiger partial charge in [-0.1, -0.05) is 0 Å². The average Bonchev–Trinajstić information content (AvgIpc) is 2.54. The Bertz CT molecular complexity index is 893. The highest BCUT2D eigenvalue weighted by molar-refractivity contribution is 5.88. The number of benzene rings is 2. The van der Waals surface area contributed by atoms with Crippen molar-refractivity contribution in [2.75, 3.05) is 14.2 Å². The molecule has 0 saturated heterocycles. The summed E-state index contributed by atoms with van der Waals surface area (Å²) in [6.07, 6.45) is 0. The van der Waals surface area contributed by atoms with E-state index in [1.54, 1.807) is 24.3 Å². The SMILES string of the molecule is COc1cc2nc(-c3ccc(OC)c(F)c3)cc(C)c2cc1O. The van der Waals surface area contributed by atoms with E-state index in [9.17, 15) is 9.50 Å². The van der Waals surface area contributed by atoms with Crippen LogP contribution in [0.5, 0.6) is 17.2 Å². The molecule has 0 atom stereocenters. The molecule has 0 bridgehead atoms. The smallest absolute Gasteiger partial charge is 0.165 e. The zero-order chi connectivity index (χ0) is 16.6. The second kappa shape index (κ2) is 5.76. The van der Waals surface area contributed by atoms with E-state index >= 15 is 0 Å². The fourth-order valence-electron chi connectivity index (χ4n) is 2.55. The molecule has 1 aromatic heterocycles. The van der Waals surface area contributed by atoms with Crippen molar-refractivity contribution in [1.82, 2.24) is 4.98 Å². The Morgan fingerprint density at radius 1 is 1.00 bits per heavy atom. The molecular formula is C18H16FNO3. The molecule has 0 aliphatic rings. The van der Waals surface area contributed by atoms with E-state index in [-0.39, 0.29) is 11.5 Å². The molecule has 23 heavy (non-hydrogen) atoms. The van der Waals surface area contributed by atoms with Gasteiger partial charge in [-0.15, -0.1) is 0 Å². The monoisotopic (exact) mass is 313 g/mol. The number of aromatic hydroxyl groups is 1. The van der Waals surface area contributed by atoms with Gasteiger partial charge in [0.1, 0.15) is 0 Å². The summed E-state index contributed by atoms with van der Waals surface area (Å²) in [4.78, 5) is 4.55. The maximum atomic E-state index is 13.9. The van der Waals surface area contributed by atoms with Crippen molar-refractivity contribution < 1.29 is 19.0 Å². The Morgan fingerprint density at radius 2 is 1.74 bits per heavy atom. The lowest BCUT2D eigenvalue weighted by Gasteiger charge is -2.10. The van der Waals surface area contributed by atoms with Crippen LogP contribution in [0.25, 0.3) is 22.2 Å². The molecule has 3 rings (SSSR count). The van der Waals surface area contributed by atoms with Crippen molar-refractivity contribution in [2.24, 2.45) is 0 Å². The van der Waals surface area contributed by atoms with Crippen molar-refractivity contribution in [2.45, 2.75) is 6.92 Å². The van der Waals surface area contributed by atoms with E-state index in [0.29, 0.717) is 22.5 Å². The quantitative estimate of drug-likeness (QED) is 0.792. The standard InChI is InChI=1S/C18H16FNO3/c1-10-6-14(11-4-5-17(22-2)13(19)7-11)20-15-9-18(23-3)16(21)8-12(10)15/h4-9,21H,1-3H3. The summed E-state index contributed by atoms with van der Waals surface area (Å²) in [6.45, 7) is 1.92. The third-order valence-electron chi connectivity index (χ3n) is 3.76. The number of aryl methyl sites for hydroxylation is 1. The summed E-state index contributed by atoms with van der Waals surface area (Å²) in [6, 6.07) is 9.87. The summed E-state index contributed by atoms with van der Waals surface area (Å²) in [5, 5.41) is 10.7. The third kappa shape index (κ3) is 2.65. The van der Waals surface area contributed by atoms with Crippen LogP contribution in [0.15, 0.2) is 36.4 Å². The molecule has 2 aromatic carbocycles. The number of hydrogen-bond acceptors (Lipinski definition) is 4. The first-order chi connectivity index (χ1) is 11.0. The van der Waals surface area contributed by atoms with E-state index in [1.165, 1.54) is 20.3 Å². The third-order valence-corrected chi connectivity index (χ3v) is 3.76. The van der Waals surface area contributed by atoms with Gasteiger partial charge in [0.25, 0.3) is 0 Å². The van der Waals surface area contributed by atoms with Crippen LogP contribution in [-0.4, -0.2) is 24.3 Å². The van der Waals surface area contributed by atoms with Crippen LogP contribution >= 0.6 is 0 Å². The highest BCUT2D eigenvalue weighted by atomic mass is 19.1. The van der Waals surface area contributed by atoms with Crippen molar-refractivity contribution in [3.63, 3.8) is 0 Å². The number of ether oxygens (including phenoxy) is 2. The van der Waals surface area contributed by atoms with Crippen molar-refractivity contribution in [3.05, 3.63) is 47.8 Å². The largest absolute Gasteiger partial charge is 0.504 e. The topological polar surface area (TPSA) is 51.6 Å². The molecular weight excluding hydrogens is 297 g/mol. The van der Waals surface area contributed by atoms with Gasteiger partial charge in [-0.05, 0) is 42.8 Å². The Labute approximate surface area is 133 Å². The first-order valence-electron chi connectivity index (χ1n) is 7.05. The Balaban J connectivity index is 2.19. The molecule has 1 N–H and O–H groups in total. The second-order valence-electron chi connectivity index (χ2n) is 5.21. The summed E-state index contributed by atoms with van der Waals surface area (Å²) >= 11 is 0. The second-order valence-corrected chi connectivity index (χ2v) is 5.21. The molecule has 0 unspecified atom stereocenters. The number of pyridine rings is 1. The molecule has 0 saturated carbocycles. The first-order valence-corrected chi connectivity index (χ1v) is 7.05. The number of methoxy groups -OCH3 is 2. The molecule has 4 nitrogen and oxygen atoms in total. The highest BCUT2D eigenvalue weighted by Gasteiger charge is 2.11. The lowest BCUT2D eigenvalue weighted by Crippen LogP contribution is -1.93. The maximum absolute atomic E-state index is 13.9. The van der Waals surface area contributed by atoms with E-state index in [2.05, 4.69) is 4.98 Å². The van der Waals surface area contributed by atoms with Gasteiger partial charge in [0.2, 0.25) is 0 Å². The number of hydrogen-bond donors (Lipinski definition) is 1. The van der Waals surface area contributed by atoms with Crippen LogP contribution in [0.1, 0.15) is 5.56 Å². The van der Waals surface area contributed by atoms with E-state index in [4.69, 9.17) is 9.47 Å². The minimum Gasteiger partial charge on any atom is -0.504 e. The van der Waals surface area contributed by atoms with Crippen LogP contribution in [0.3, 0.4) is 0 Å². The molecule has 5 heteroatoms. The number of nitrogens with zero attached hydrogens (tertiary/aromatic N) is 1. The Hall–Kier alpha value is -2.82. The number of halogens is 1. The predicted molar refractivity (Wildman–Crippen MR) is 86.6 cm³/mol. The summed E-state index contributed by atoms with van der Waals surface area (Å²) < 4.78 is 24.0. The van der Waals surface area contributed by atoms with Gasteiger partial charge in [-0.25, -0.2) is 9.37 Å². The van der Waals surface area contributed by atoms with Crippen molar-refractivity contribution in [1.29, 1.82) is 0 Å². The molecule has 118 valence electrons. The van der Waals surface area contributed by atoms with Gasteiger partial charge in [-0.3, -0.25) is 0 Å². The molecule has 0 spiro atoms. The predicted octanol–water partition coefficient (Wildman–Crippen LogP) is 4.07. The number of rotatable bonds is 3. The fraction of sp³-hybridized carbons (Fsp3) is 0.167. The van der Waals surface area contributed by atoms with Crippen LogP contribution in [-0.2, 0) is 0 Å². The van der Waals surface area contributed by atoms with E-state index < -0.39 is 5.82 Å². The van der Waals surface area contributed by atoms with Gasteiger partial charge in [-0.2, -0.15) is 0 Å². The fourth-order valence-corrected chi connectivity index (χ4v) is 2.55. The van der Waals surface area contributed by atoms with Gasteiger partial charge in [0, 0.05) is 17.0 Å². The zero-order valence-corrected chi connectivity index (χ0v) is 13.1.